The van der Waals surface area contributed by atoms with Crippen LogP contribution in [-0.2, 0) is 16.0 Å². The summed E-state index contributed by atoms with van der Waals surface area (Å²) in [6.07, 6.45) is 0.669. The quantitative estimate of drug-likeness (QED) is 0.849. The summed E-state index contributed by atoms with van der Waals surface area (Å²) >= 11 is 7.52. The van der Waals surface area contributed by atoms with Gasteiger partial charge in [0.1, 0.15) is 6.04 Å². The van der Waals surface area contributed by atoms with E-state index in [4.69, 9.17) is 22.1 Å². The standard InChI is InChI=1S/C13H16ClN3O2S/c1-19-7-9(15)13(18)16-5-4-12-17-10-6-8(14)2-3-11(10)20-12/h2-3,6,9H,4-5,7,15H2,1H3,(H,16,18). The molecule has 1 unspecified atom stereocenters. The molecule has 1 aromatic heterocycles. The van der Waals surface area contributed by atoms with Gasteiger partial charge in [0.15, 0.2) is 0 Å². The molecule has 0 fully saturated rings. The highest BCUT2D eigenvalue weighted by Crippen LogP contribution is 2.24. The Morgan fingerprint density at radius 2 is 2.40 bits per heavy atom. The van der Waals surface area contributed by atoms with E-state index in [1.807, 2.05) is 18.2 Å². The first-order valence-electron chi connectivity index (χ1n) is 6.17. The molecule has 0 spiro atoms. The summed E-state index contributed by atoms with van der Waals surface area (Å²) in [5.41, 5.74) is 6.51. The molecule has 1 aromatic carbocycles. The van der Waals surface area contributed by atoms with E-state index in [1.54, 1.807) is 11.3 Å². The Morgan fingerprint density at radius 1 is 1.60 bits per heavy atom. The average molecular weight is 314 g/mol. The molecule has 2 aromatic rings. The van der Waals surface area contributed by atoms with E-state index in [9.17, 15) is 4.79 Å². The van der Waals surface area contributed by atoms with Gasteiger partial charge >= 0.3 is 0 Å². The van der Waals surface area contributed by atoms with Gasteiger partial charge in [0.25, 0.3) is 0 Å². The molecule has 0 aliphatic rings. The molecule has 0 bridgehead atoms. The van der Waals surface area contributed by atoms with Crippen LogP contribution in [0.2, 0.25) is 5.02 Å². The molecule has 0 radical (unpaired) electrons. The average Bonchev–Trinajstić information content (AvgIpc) is 2.80. The molecular weight excluding hydrogens is 298 g/mol. The number of carbonyl (C=O) groups is 1. The number of hydrogen-bond acceptors (Lipinski definition) is 5. The Hall–Kier alpha value is -1.21. The lowest BCUT2D eigenvalue weighted by Gasteiger charge is -2.10. The van der Waals surface area contributed by atoms with Crippen molar-refractivity contribution in [1.82, 2.24) is 10.3 Å². The third-order valence-electron chi connectivity index (χ3n) is 2.71. The molecule has 20 heavy (non-hydrogen) atoms. The van der Waals surface area contributed by atoms with Crippen LogP contribution in [0.15, 0.2) is 18.2 Å². The SMILES string of the molecule is COCC(N)C(=O)NCCc1nc2cc(Cl)ccc2s1. The topological polar surface area (TPSA) is 77.2 Å². The van der Waals surface area contributed by atoms with Gasteiger partial charge in [-0.2, -0.15) is 0 Å². The molecule has 0 aliphatic carbocycles. The first-order chi connectivity index (χ1) is 9.60. The second-order valence-electron chi connectivity index (χ2n) is 4.32. The third kappa shape index (κ3) is 3.89. The van der Waals surface area contributed by atoms with Crippen molar-refractivity contribution >= 4 is 39.1 Å². The first-order valence-corrected chi connectivity index (χ1v) is 7.37. The minimum atomic E-state index is -0.630. The van der Waals surface area contributed by atoms with Crippen molar-refractivity contribution in [2.45, 2.75) is 12.5 Å². The zero-order valence-corrected chi connectivity index (χ0v) is 12.6. The van der Waals surface area contributed by atoms with Crippen molar-refractivity contribution < 1.29 is 9.53 Å². The normalized spacial score (nSPS) is 12.6. The summed E-state index contributed by atoms with van der Waals surface area (Å²) in [5, 5.41) is 4.40. The summed E-state index contributed by atoms with van der Waals surface area (Å²) in [6, 6.07) is 5.00. The smallest absolute Gasteiger partial charge is 0.239 e. The number of amides is 1. The van der Waals surface area contributed by atoms with Gasteiger partial charge in [-0.05, 0) is 18.2 Å². The molecule has 0 aliphatic heterocycles. The number of thiazole rings is 1. The maximum Gasteiger partial charge on any atom is 0.239 e. The van der Waals surface area contributed by atoms with Crippen LogP contribution in [0.25, 0.3) is 10.2 Å². The van der Waals surface area contributed by atoms with Crippen LogP contribution in [0.1, 0.15) is 5.01 Å². The van der Waals surface area contributed by atoms with Crippen molar-refractivity contribution in [3.05, 3.63) is 28.2 Å². The Labute approximate surface area is 126 Å². The summed E-state index contributed by atoms with van der Waals surface area (Å²) in [5.74, 6) is -0.212. The highest BCUT2D eigenvalue weighted by Gasteiger charge is 2.12. The lowest BCUT2D eigenvalue weighted by Crippen LogP contribution is -2.44. The second kappa shape index (κ2) is 6.99. The third-order valence-corrected chi connectivity index (χ3v) is 4.05. The molecule has 0 saturated heterocycles. The molecule has 5 nitrogen and oxygen atoms in total. The Bertz CT molecular complexity index is 602. The first kappa shape index (κ1) is 15.2. The maximum absolute atomic E-state index is 11.6. The van der Waals surface area contributed by atoms with Crippen molar-refractivity contribution in [3.8, 4) is 0 Å². The van der Waals surface area contributed by atoms with E-state index in [-0.39, 0.29) is 12.5 Å². The molecule has 0 saturated carbocycles. The van der Waals surface area contributed by atoms with E-state index in [0.717, 1.165) is 15.2 Å². The number of nitrogens with one attached hydrogen (secondary N) is 1. The van der Waals surface area contributed by atoms with Gasteiger partial charge in [0, 0.05) is 25.1 Å². The fraction of sp³-hybridized carbons (Fsp3) is 0.385. The van der Waals surface area contributed by atoms with Crippen molar-refractivity contribution in [2.75, 3.05) is 20.3 Å². The summed E-state index contributed by atoms with van der Waals surface area (Å²) in [7, 11) is 1.51. The second-order valence-corrected chi connectivity index (χ2v) is 5.87. The van der Waals surface area contributed by atoms with Crippen LogP contribution in [0.3, 0.4) is 0 Å². The van der Waals surface area contributed by atoms with Gasteiger partial charge in [-0.15, -0.1) is 11.3 Å². The summed E-state index contributed by atoms with van der Waals surface area (Å²) in [6.45, 7) is 0.718. The van der Waals surface area contributed by atoms with Crippen LogP contribution in [0.5, 0.6) is 0 Å². The number of fused-ring (bicyclic) bond motifs is 1. The molecule has 1 heterocycles. The Kier molecular flexibility index (Phi) is 5.31. The maximum atomic E-state index is 11.6. The van der Waals surface area contributed by atoms with Crippen LogP contribution in [0.4, 0.5) is 0 Å². The number of nitrogens with zero attached hydrogens (tertiary/aromatic N) is 1. The fourth-order valence-corrected chi connectivity index (χ4v) is 2.85. The number of nitrogens with two attached hydrogens (primary N) is 1. The zero-order valence-electron chi connectivity index (χ0n) is 11.1. The van der Waals surface area contributed by atoms with Gasteiger partial charge in [0.2, 0.25) is 5.91 Å². The largest absolute Gasteiger partial charge is 0.383 e. The predicted molar refractivity (Wildman–Crippen MR) is 81.2 cm³/mol. The summed E-state index contributed by atoms with van der Waals surface area (Å²) in [4.78, 5) is 16.1. The monoisotopic (exact) mass is 313 g/mol. The molecule has 1 atom stereocenters. The fourth-order valence-electron chi connectivity index (χ4n) is 1.73. The molecule has 108 valence electrons. The minimum Gasteiger partial charge on any atom is -0.383 e. The zero-order chi connectivity index (χ0) is 14.5. The molecule has 3 N–H and O–H groups in total. The lowest BCUT2D eigenvalue weighted by atomic mass is 10.3. The van der Waals surface area contributed by atoms with Gasteiger partial charge in [-0.1, -0.05) is 11.6 Å². The number of aromatic nitrogens is 1. The van der Waals surface area contributed by atoms with E-state index in [1.165, 1.54) is 7.11 Å². The van der Waals surface area contributed by atoms with E-state index in [0.29, 0.717) is 18.0 Å². The number of benzene rings is 1. The van der Waals surface area contributed by atoms with Gasteiger partial charge in [-0.3, -0.25) is 4.79 Å². The molecule has 7 heteroatoms. The van der Waals surface area contributed by atoms with Crippen LogP contribution >= 0.6 is 22.9 Å². The van der Waals surface area contributed by atoms with E-state index in [2.05, 4.69) is 10.3 Å². The van der Waals surface area contributed by atoms with Gasteiger partial charge < -0.3 is 15.8 Å². The number of methoxy groups -OCH3 is 1. The number of hydrogen-bond donors (Lipinski definition) is 2. The van der Waals surface area contributed by atoms with E-state index < -0.39 is 6.04 Å². The predicted octanol–water partition coefficient (Wildman–Crippen LogP) is 1.58. The lowest BCUT2D eigenvalue weighted by molar-refractivity contribution is -0.123. The van der Waals surface area contributed by atoms with Crippen molar-refractivity contribution in [3.63, 3.8) is 0 Å². The Morgan fingerprint density at radius 3 is 3.15 bits per heavy atom. The highest BCUT2D eigenvalue weighted by atomic mass is 35.5. The van der Waals surface area contributed by atoms with Crippen molar-refractivity contribution in [2.24, 2.45) is 5.73 Å². The van der Waals surface area contributed by atoms with Crippen LogP contribution < -0.4 is 11.1 Å². The molecule has 2 rings (SSSR count). The Balaban J connectivity index is 1.88. The minimum absolute atomic E-state index is 0.212. The molecule has 1 amide bonds. The van der Waals surface area contributed by atoms with Gasteiger partial charge in [-0.25, -0.2) is 4.98 Å². The molecular formula is C13H16ClN3O2S. The van der Waals surface area contributed by atoms with E-state index >= 15 is 0 Å². The highest BCUT2D eigenvalue weighted by molar-refractivity contribution is 7.18. The van der Waals surface area contributed by atoms with Crippen LogP contribution in [-0.4, -0.2) is 37.2 Å². The van der Waals surface area contributed by atoms with Gasteiger partial charge in [0.05, 0.1) is 21.8 Å². The number of rotatable bonds is 6. The van der Waals surface area contributed by atoms with Crippen molar-refractivity contribution in [1.29, 1.82) is 0 Å². The summed E-state index contributed by atoms with van der Waals surface area (Å²) < 4.78 is 5.92. The number of ether oxygens (including phenoxy) is 1. The van der Waals surface area contributed by atoms with Crippen LogP contribution in [0, 0.1) is 0 Å². The number of halogens is 1. The number of carbonyl (C=O) groups excluding carboxylic acids is 1.